The molecule has 0 spiro atoms. The zero-order valence-corrected chi connectivity index (χ0v) is 23.7. The van der Waals surface area contributed by atoms with E-state index >= 15 is 0 Å². The fourth-order valence-electron chi connectivity index (χ4n) is 4.21. The zero-order valence-electron chi connectivity index (χ0n) is 23.7. The van der Waals surface area contributed by atoms with Crippen LogP contribution in [0.3, 0.4) is 0 Å². The molecule has 4 aromatic carbocycles. The highest BCUT2D eigenvalue weighted by Crippen LogP contribution is 2.19. The van der Waals surface area contributed by atoms with Gasteiger partial charge < -0.3 is 10.6 Å². The van der Waals surface area contributed by atoms with Crippen LogP contribution in [0.1, 0.15) is 54.4 Å². The lowest BCUT2D eigenvalue weighted by Gasteiger charge is -2.12. The molecule has 0 aliphatic rings. The lowest BCUT2D eigenvalue weighted by molar-refractivity contribution is 0.716. The highest BCUT2D eigenvalue weighted by Gasteiger charge is 2.06. The van der Waals surface area contributed by atoms with Crippen LogP contribution in [0.15, 0.2) is 107 Å². The second-order valence-electron chi connectivity index (χ2n) is 10.3. The standard InChI is InChI=1S/C35H40N4/c1-26-10-18-30(19-11-26)36-34(37-31-20-12-27(2)13-21-31)8-6-5-7-9-35(38-32-22-14-28(3)15-23-32)39-33-24-16-29(4)17-25-33/h10-25H,5-9H2,1-4H3,(H,36,37)(H,38,39). The molecule has 0 saturated carbocycles. The van der Waals surface area contributed by atoms with Gasteiger partial charge in [0, 0.05) is 24.2 Å². The lowest BCUT2D eigenvalue weighted by Crippen LogP contribution is -2.13. The van der Waals surface area contributed by atoms with Crippen molar-refractivity contribution in [2.24, 2.45) is 9.98 Å². The molecule has 0 radical (unpaired) electrons. The number of aliphatic imine (C=N–C) groups is 2. The maximum absolute atomic E-state index is 4.95. The summed E-state index contributed by atoms with van der Waals surface area (Å²) in [5.74, 6) is 1.99. The van der Waals surface area contributed by atoms with E-state index in [1.165, 1.54) is 22.3 Å². The molecule has 0 aliphatic heterocycles. The number of unbranched alkanes of at least 4 members (excludes halogenated alkanes) is 2. The Morgan fingerprint density at radius 2 is 0.744 bits per heavy atom. The van der Waals surface area contributed by atoms with Gasteiger partial charge in [-0.2, -0.15) is 0 Å². The van der Waals surface area contributed by atoms with Gasteiger partial charge in [-0.1, -0.05) is 77.2 Å². The van der Waals surface area contributed by atoms with Crippen LogP contribution >= 0.6 is 0 Å². The summed E-state index contributed by atoms with van der Waals surface area (Å²) in [5.41, 5.74) is 9.08. The van der Waals surface area contributed by atoms with Crippen molar-refractivity contribution >= 4 is 34.4 Å². The van der Waals surface area contributed by atoms with Gasteiger partial charge in [0.15, 0.2) is 0 Å². The summed E-state index contributed by atoms with van der Waals surface area (Å²) in [6.45, 7) is 8.41. The molecule has 0 aromatic heterocycles. The van der Waals surface area contributed by atoms with Gasteiger partial charge in [0.05, 0.1) is 11.4 Å². The largest absolute Gasteiger partial charge is 0.344 e. The first kappa shape index (κ1) is 27.8. The first-order chi connectivity index (χ1) is 18.9. The molecule has 4 aromatic rings. The summed E-state index contributed by atoms with van der Waals surface area (Å²) in [4.78, 5) is 9.89. The third-order valence-electron chi connectivity index (χ3n) is 6.60. The van der Waals surface area contributed by atoms with Crippen molar-refractivity contribution < 1.29 is 0 Å². The number of nitrogens with zero attached hydrogens (tertiary/aromatic N) is 2. The monoisotopic (exact) mass is 516 g/mol. The fourth-order valence-corrected chi connectivity index (χ4v) is 4.21. The molecule has 200 valence electrons. The Morgan fingerprint density at radius 3 is 1.08 bits per heavy atom. The summed E-state index contributed by atoms with van der Waals surface area (Å²) < 4.78 is 0. The second-order valence-corrected chi connectivity index (χ2v) is 10.3. The van der Waals surface area contributed by atoms with E-state index in [2.05, 4.69) is 135 Å². The Hall–Kier alpha value is -4.18. The van der Waals surface area contributed by atoms with E-state index in [0.29, 0.717) is 0 Å². The van der Waals surface area contributed by atoms with Gasteiger partial charge in [0.2, 0.25) is 0 Å². The minimum Gasteiger partial charge on any atom is -0.344 e. The predicted octanol–water partition coefficient (Wildman–Crippen LogP) is 9.86. The number of nitrogens with one attached hydrogen (secondary N) is 2. The van der Waals surface area contributed by atoms with Gasteiger partial charge >= 0.3 is 0 Å². The molecule has 0 saturated heterocycles. The zero-order chi connectivity index (χ0) is 27.5. The van der Waals surface area contributed by atoms with Crippen LogP contribution in [-0.2, 0) is 0 Å². The average molecular weight is 517 g/mol. The van der Waals surface area contributed by atoms with Crippen LogP contribution in [0.4, 0.5) is 22.7 Å². The van der Waals surface area contributed by atoms with E-state index in [0.717, 1.165) is 66.5 Å². The van der Waals surface area contributed by atoms with Crippen LogP contribution in [-0.4, -0.2) is 11.7 Å². The molecule has 4 rings (SSSR count). The number of aryl methyl sites for hydroxylation is 4. The van der Waals surface area contributed by atoms with E-state index in [9.17, 15) is 0 Å². The molecule has 39 heavy (non-hydrogen) atoms. The Balaban J connectivity index is 1.38. The molecular formula is C35H40N4. The summed E-state index contributed by atoms with van der Waals surface area (Å²) in [6, 6.07) is 33.7. The van der Waals surface area contributed by atoms with Crippen molar-refractivity contribution in [1.29, 1.82) is 0 Å². The van der Waals surface area contributed by atoms with Gasteiger partial charge in [-0.05, 0) is 89.1 Å². The van der Waals surface area contributed by atoms with E-state index in [1.54, 1.807) is 0 Å². The molecule has 0 unspecified atom stereocenters. The van der Waals surface area contributed by atoms with Crippen LogP contribution in [0.2, 0.25) is 0 Å². The van der Waals surface area contributed by atoms with E-state index in [1.807, 2.05) is 0 Å². The molecule has 0 bridgehead atoms. The molecular weight excluding hydrogens is 476 g/mol. The molecule has 0 heterocycles. The van der Waals surface area contributed by atoms with Crippen molar-refractivity contribution in [1.82, 2.24) is 0 Å². The number of rotatable bonds is 10. The quantitative estimate of drug-likeness (QED) is 0.125. The number of amidine groups is 2. The number of hydrogen-bond donors (Lipinski definition) is 2. The Kier molecular flexibility index (Phi) is 10.1. The minimum absolute atomic E-state index is 0.886. The summed E-state index contributed by atoms with van der Waals surface area (Å²) in [7, 11) is 0. The third kappa shape index (κ3) is 9.57. The lowest BCUT2D eigenvalue weighted by atomic mass is 10.1. The Morgan fingerprint density at radius 1 is 0.436 bits per heavy atom. The molecule has 0 amide bonds. The summed E-state index contributed by atoms with van der Waals surface area (Å²) in [6.07, 6.45) is 4.96. The highest BCUT2D eigenvalue weighted by atomic mass is 15.0. The predicted molar refractivity (Wildman–Crippen MR) is 169 cm³/mol. The van der Waals surface area contributed by atoms with Crippen LogP contribution in [0.25, 0.3) is 0 Å². The second kappa shape index (κ2) is 14.1. The van der Waals surface area contributed by atoms with Gasteiger partial charge in [-0.3, -0.25) is 0 Å². The smallest absolute Gasteiger partial charge is 0.107 e. The van der Waals surface area contributed by atoms with E-state index < -0.39 is 0 Å². The molecule has 4 heteroatoms. The maximum atomic E-state index is 4.95. The van der Waals surface area contributed by atoms with Crippen molar-refractivity contribution in [2.75, 3.05) is 10.6 Å². The van der Waals surface area contributed by atoms with Crippen molar-refractivity contribution in [3.63, 3.8) is 0 Å². The fraction of sp³-hybridized carbons (Fsp3) is 0.257. The first-order valence-electron chi connectivity index (χ1n) is 13.9. The number of anilines is 2. The first-order valence-corrected chi connectivity index (χ1v) is 13.9. The molecule has 0 aliphatic carbocycles. The third-order valence-corrected chi connectivity index (χ3v) is 6.60. The number of benzene rings is 4. The summed E-state index contributed by atoms with van der Waals surface area (Å²) in [5, 5.41) is 7.11. The topological polar surface area (TPSA) is 48.8 Å². The van der Waals surface area contributed by atoms with E-state index in [4.69, 9.17) is 9.98 Å². The maximum Gasteiger partial charge on any atom is 0.107 e. The Labute approximate surface area is 234 Å². The van der Waals surface area contributed by atoms with Crippen molar-refractivity contribution in [2.45, 2.75) is 59.8 Å². The normalized spacial score (nSPS) is 11.9. The van der Waals surface area contributed by atoms with Gasteiger partial charge in [0.1, 0.15) is 11.7 Å². The van der Waals surface area contributed by atoms with Crippen LogP contribution in [0, 0.1) is 27.7 Å². The Bertz CT molecular complexity index is 1260. The highest BCUT2D eigenvalue weighted by molar-refractivity contribution is 5.97. The SMILES string of the molecule is Cc1ccc(N=C(CCCCCC(=Nc2ccc(C)cc2)Nc2ccc(C)cc2)Nc2ccc(C)cc2)cc1. The van der Waals surface area contributed by atoms with Crippen LogP contribution < -0.4 is 10.6 Å². The average Bonchev–Trinajstić information content (AvgIpc) is 2.93. The minimum atomic E-state index is 0.886. The molecule has 2 N–H and O–H groups in total. The summed E-state index contributed by atoms with van der Waals surface area (Å²) >= 11 is 0. The molecule has 4 nitrogen and oxygen atoms in total. The van der Waals surface area contributed by atoms with Gasteiger partial charge in [-0.25, -0.2) is 9.98 Å². The van der Waals surface area contributed by atoms with Gasteiger partial charge in [-0.15, -0.1) is 0 Å². The van der Waals surface area contributed by atoms with Crippen molar-refractivity contribution in [3.8, 4) is 0 Å². The number of hydrogen-bond acceptors (Lipinski definition) is 2. The van der Waals surface area contributed by atoms with E-state index in [-0.39, 0.29) is 0 Å². The van der Waals surface area contributed by atoms with Gasteiger partial charge in [0.25, 0.3) is 0 Å². The van der Waals surface area contributed by atoms with Crippen LogP contribution in [0.5, 0.6) is 0 Å². The molecule has 0 atom stereocenters. The van der Waals surface area contributed by atoms with Crippen molar-refractivity contribution in [3.05, 3.63) is 119 Å². The molecule has 0 fully saturated rings.